The number of benzene rings is 2. The number of hydrogen-bond acceptors (Lipinski definition) is 3. The molecule has 0 amide bonds. The van der Waals surface area contributed by atoms with Crippen LogP contribution in [0.15, 0.2) is 65.5 Å². The molecule has 0 aliphatic heterocycles. The van der Waals surface area contributed by atoms with E-state index in [1.807, 2.05) is 31.2 Å². The monoisotopic (exact) mass is 405 g/mol. The first-order valence-corrected chi connectivity index (χ1v) is 9.53. The molecule has 2 heterocycles. The van der Waals surface area contributed by atoms with Gasteiger partial charge in [0.25, 0.3) is 5.56 Å². The van der Waals surface area contributed by atoms with Crippen molar-refractivity contribution in [3.8, 4) is 0 Å². The summed E-state index contributed by atoms with van der Waals surface area (Å²) < 4.78 is 17.0. The fraction of sp³-hybridized carbons (Fsp3) is 0.174. The van der Waals surface area contributed by atoms with Gasteiger partial charge in [-0.25, -0.2) is 9.07 Å². The van der Waals surface area contributed by atoms with E-state index in [1.54, 1.807) is 28.8 Å². The average molecular weight is 405 g/mol. The van der Waals surface area contributed by atoms with Crippen LogP contribution in [0, 0.1) is 12.7 Å². The van der Waals surface area contributed by atoms with E-state index >= 15 is 0 Å². The van der Waals surface area contributed by atoms with Crippen molar-refractivity contribution in [1.82, 2.24) is 14.3 Å². The molecule has 2 aromatic heterocycles. The van der Waals surface area contributed by atoms with Crippen LogP contribution in [0.3, 0.4) is 0 Å². The van der Waals surface area contributed by atoms with Gasteiger partial charge in [-0.15, -0.1) is 0 Å². The Kier molecular flexibility index (Phi) is 5.18. The number of halogens is 1. The van der Waals surface area contributed by atoms with Crippen molar-refractivity contribution in [3.63, 3.8) is 0 Å². The highest BCUT2D eigenvalue weighted by Crippen LogP contribution is 2.27. The third-order valence-corrected chi connectivity index (χ3v) is 5.21. The third-order valence-electron chi connectivity index (χ3n) is 5.21. The van der Waals surface area contributed by atoms with E-state index in [0.29, 0.717) is 17.7 Å². The molecule has 0 fully saturated rings. The molecule has 0 spiro atoms. The van der Waals surface area contributed by atoms with Crippen molar-refractivity contribution < 1.29 is 14.3 Å². The van der Waals surface area contributed by atoms with Gasteiger partial charge in [-0.2, -0.15) is 5.10 Å². The van der Waals surface area contributed by atoms with Gasteiger partial charge in [0.05, 0.1) is 12.2 Å². The zero-order valence-electron chi connectivity index (χ0n) is 16.4. The fourth-order valence-corrected chi connectivity index (χ4v) is 3.73. The normalized spacial score (nSPS) is 11.1. The van der Waals surface area contributed by atoms with Gasteiger partial charge in [-0.05, 0) is 30.7 Å². The largest absolute Gasteiger partial charge is 0.480 e. The van der Waals surface area contributed by atoms with Crippen molar-refractivity contribution in [1.29, 1.82) is 0 Å². The first kappa shape index (κ1) is 19.6. The molecule has 152 valence electrons. The van der Waals surface area contributed by atoms with Crippen LogP contribution in [0.2, 0.25) is 0 Å². The number of fused-ring (bicyclic) bond motifs is 1. The number of carbonyl (C=O) groups is 1. The standard InChI is InChI=1S/C23H20FN3O3/c1-15-19(18-7-3-5-9-21(18)26(15)14-23(29)30)12-17-10-11-22(28)27(25-17)13-16-6-2-4-8-20(16)24/h2-11H,12-14H2,1H3,(H,29,30). The van der Waals surface area contributed by atoms with Crippen molar-refractivity contribution in [2.75, 3.05) is 0 Å². The summed E-state index contributed by atoms with van der Waals surface area (Å²) in [6, 6.07) is 17.0. The van der Waals surface area contributed by atoms with E-state index in [1.165, 1.54) is 16.8 Å². The number of para-hydroxylation sites is 1. The molecular formula is C23H20FN3O3. The summed E-state index contributed by atoms with van der Waals surface area (Å²) in [6.45, 7) is 1.79. The van der Waals surface area contributed by atoms with Gasteiger partial charge >= 0.3 is 5.97 Å². The fourth-order valence-electron chi connectivity index (χ4n) is 3.73. The number of rotatable bonds is 6. The van der Waals surface area contributed by atoms with Gasteiger partial charge in [0.1, 0.15) is 12.4 Å². The van der Waals surface area contributed by atoms with Gasteiger partial charge in [0, 0.05) is 34.6 Å². The lowest BCUT2D eigenvalue weighted by atomic mass is 10.1. The van der Waals surface area contributed by atoms with Crippen LogP contribution < -0.4 is 5.56 Å². The molecule has 2 aromatic carbocycles. The van der Waals surface area contributed by atoms with Crippen LogP contribution in [-0.2, 0) is 24.3 Å². The van der Waals surface area contributed by atoms with Gasteiger partial charge in [-0.3, -0.25) is 9.59 Å². The second kappa shape index (κ2) is 7.94. The van der Waals surface area contributed by atoms with Crippen LogP contribution >= 0.6 is 0 Å². The number of nitrogens with zero attached hydrogens (tertiary/aromatic N) is 3. The molecule has 4 rings (SSSR count). The first-order valence-electron chi connectivity index (χ1n) is 9.53. The second-order valence-corrected chi connectivity index (χ2v) is 7.15. The molecule has 0 unspecified atom stereocenters. The third kappa shape index (κ3) is 3.74. The minimum absolute atomic E-state index is 0.0408. The zero-order chi connectivity index (χ0) is 21.3. The summed E-state index contributed by atoms with van der Waals surface area (Å²) in [5, 5.41) is 14.7. The van der Waals surface area contributed by atoms with Gasteiger partial charge in [-0.1, -0.05) is 36.4 Å². The molecule has 0 atom stereocenters. The maximum absolute atomic E-state index is 14.0. The van der Waals surface area contributed by atoms with Gasteiger partial charge in [0.15, 0.2) is 0 Å². The summed E-state index contributed by atoms with van der Waals surface area (Å²) >= 11 is 0. The van der Waals surface area contributed by atoms with Crippen LogP contribution in [0.25, 0.3) is 10.9 Å². The lowest BCUT2D eigenvalue weighted by Crippen LogP contribution is -2.24. The highest BCUT2D eigenvalue weighted by atomic mass is 19.1. The van der Waals surface area contributed by atoms with Crippen LogP contribution in [0.1, 0.15) is 22.5 Å². The number of aromatic nitrogens is 3. The van der Waals surface area contributed by atoms with E-state index in [9.17, 15) is 19.1 Å². The van der Waals surface area contributed by atoms with E-state index in [4.69, 9.17) is 0 Å². The Morgan fingerprint density at radius 3 is 2.57 bits per heavy atom. The Labute approximate surface area is 171 Å². The summed E-state index contributed by atoms with van der Waals surface area (Å²) in [5.41, 5.74) is 3.35. The molecule has 1 N–H and O–H groups in total. The van der Waals surface area contributed by atoms with Crippen molar-refractivity contribution >= 4 is 16.9 Å². The molecule has 30 heavy (non-hydrogen) atoms. The summed E-state index contributed by atoms with van der Waals surface area (Å²) in [5.74, 6) is -1.30. The minimum atomic E-state index is -0.915. The molecule has 0 radical (unpaired) electrons. The highest BCUT2D eigenvalue weighted by molar-refractivity contribution is 5.87. The summed E-state index contributed by atoms with van der Waals surface area (Å²) in [4.78, 5) is 23.6. The Hall–Kier alpha value is -3.74. The van der Waals surface area contributed by atoms with Crippen molar-refractivity contribution in [2.45, 2.75) is 26.4 Å². The molecule has 6 nitrogen and oxygen atoms in total. The molecule has 4 aromatic rings. The SMILES string of the molecule is Cc1c(Cc2ccc(=O)n(Cc3ccccc3F)n2)c2ccccc2n1CC(=O)O. The van der Waals surface area contributed by atoms with Crippen molar-refractivity contribution in [2.24, 2.45) is 0 Å². The lowest BCUT2D eigenvalue weighted by molar-refractivity contribution is -0.137. The van der Waals surface area contributed by atoms with E-state index in [0.717, 1.165) is 22.2 Å². The predicted octanol–water partition coefficient (Wildman–Crippen LogP) is 3.37. The highest BCUT2D eigenvalue weighted by Gasteiger charge is 2.17. The topological polar surface area (TPSA) is 77.1 Å². The molecule has 0 saturated heterocycles. The van der Waals surface area contributed by atoms with Crippen LogP contribution in [-0.4, -0.2) is 25.4 Å². The minimum Gasteiger partial charge on any atom is -0.480 e. The number of carboxylic acids is 1. The van der Waals surface area contributed by atoms with Gasteiger partial charge < -0.3 is 9.67 Å². The lowest BCUT2D eigenvalue weighted by Gasteiger charge is -2.09. The number of hydrogen-bond donors (Lipinski definition) is 1. The average Bonchev–Trinajstić information content (AvgIpc) is 2.97. The summed E-state index contributed by atoms with van der Waals surface area (Å²) in [6.07, 6.45) is 0.427. The smallest absolute Gasteiger partial charge is 0.323 e. The van der Waals surface area contributed by atoms with E-state index in [-0.39, 0.29) is 24.5 Å². The van der Waals surface area contributed by atoms with Crippen molar-refractivity contribution in [3.05, 3.63) is 99.3 Å². The predicted molar refractivity (Wildman–Crippen MR) is 111 cm³/mol. The maximum Gasteiger partial charge on any atom is 0.323 e. The second-order valence-electron chi connectivity index (χ2n) is 7.15. The first-order chi connectivity index (χ1) is 14.4. The number of aliphatic carboxylic acids is 1. The van der Waals surface area contributed by atoms with Crippen LogP contribution in [0.5, 0.6) is 0 Å². The Bertz CT molecular complexity index is 1310. The molecule has 7 heteroatoms. The summed E-state index contributed by atoms with van der Waals surface area (Å²) in [7, 11) is 0. The van der Waals surface area contributed by atoms with Gasteiger partial charge in [0.2, 0.25) is 0 Å². The molecule has 0 aliphatic rings. The molecule has 0 saturated carbocycles. The Morgan fingerprint density at radius 1 is 1.07 bits per heavy atom. The maximum atomic E-state index is 14.0. The quantitative estimate of drug-likeness (QED) is 0.534. The zero-order valence-corrected chi connectivity index (χ0v) is 16.4. The molecular weight excluding hydrogens is 385 g/mol. The Balaban J connectivity index is 1.73. The molecule has 0 aliphatic carbocycles. The van der Waals surface area contributed by atoms with E-state index < -0.39 is 5.97 Å². The van der Waals surface area contributed by atoms with Crippen LogP contribution in [0.4, 0.5) is 4.39 Å². The Morgan fingerprint density at radius 2 is 1.80 bits per heavy atom. The molecule has 0 bridgehead atoms. The number of carboxylic acid groups (broad SMARTS) is 1. The van der Waals surface area contributed by atoms with E-state index in [2.05, 4.69) is 5.10 Å².